The number of nitrogens with one attached hydrogen (secondary N) is 1. The van der Waals surface area contributed by atoms with Crippen molar-refractivity contribution in [2.75, 3.05) is 5.32 Å². The summed E-state index contributed by atoms with van der Waals surface area (Å²) in [6.45, 7) is 0. The molecular formula is C16H11FN2O4. The zero-order valence-electron chi connectivity index (χ0n) is 11.7. The van der Waals surface area contributed by atoms with Crippen molar-refractivity contribution in [1.29, 1.82) is 0 Å². The van der Waals surface area contributed by atoms with Gasteiger partial charge in [-0.25, -0.2) is 9.18 Å². The summed E-state index contributed by atoms with van der Waals surface area (Å²) in [5, 5.41) is 14.0. The molecule has 0 saturated carbocycles. The molecule has 0 unspecified atom stereocenters. The second-order valence-corrected chi connectivity index (χ2v) is 4.85. The van der Waals surface area contributed by atoms with Crippen molar-refractivity contribution in [2.24, 2.45) is 0 Å². The Morgan fingerprint density at radius 1 is 1.22 bits per heavy atom. The van der Waals surface area contributed by atoms with Crippen LogP contribution in [0.15, 0.2) is 60.4 Å². The Bertz CT molecular complexity index is 802. The normalized spacial score (nSPS) is 16.7. The highest BCUT2D eigenvalue weighted by Gasteiger charge is 2.39. The first-order valence-electron chi connectivity index (χ1n) is 6.73. The van der Waals surface area contributed by atoms with E-state index in [1.165, 1.54) is 24.3 Å². The average Bonchev–Trinajstić information content (AvgIpc) is 2.87. The first kappa shape index (κ1) is 14.7. The number of fused-ring (bicyclic) bond motifs is 1. The van der Waals surface area contributed by atoms with Crippen LogP contribution < -0.4 is 5.32 Å². The molecule has 1 atom stereocenters. The van der Waals surface area contributed by atoms with Crippen molar-refractivity contribution < 1.29 is 18.8 Å². The lowest BCUT2D eigenvalue weighted by Crippen LogP contribution is -2.12. The van der Waals surface area contributed by atoms with Gasteiger partial charge < -0.3 is 10.1 Å². The van der Waals surface area contributed by atoms with Gasteiger partial charge in [0.1, 0.15) is 5.82 Å². The molecule has 0 bridgehead atoms. The van der Waals surface area contributed by atoms with Crippen molar-refractivity contribution in [1.82, 2.24) is 0 Å². The van der Waals surface area contributed by atoms with E-state index in [9.17, 15) is 19.3 Å². The largest absolute Gasteiger partial charge is 0.442 e. The van der Waals surface area contributed by atoms with Gasteiger partial charge in [0.25, 0.3) is 0 Å². The number of anilines is 1. The van der Waals surface area contributed by atoms with Crippen LogP contribution in [0.25, 0.3) is 0 Å². The molecule has 116 valence electrons. The number of cyclic esters (lactones) is 1. The predicted octanol–water partition coefficient (Wildman–Crippen LogP) is 3.27. The maximum absolute atomic E-state index is 12.9. The van der Waals surface area contributed by atoms with E-state index in [-0.39, 0.29) is 5.70 Å². The maximum Gasteiger partial charge on any atom is 0.339 e. The van der Waals surface area contributed by atoms with Gasteiger partial charge in [-0.05, 0) is 30.3 Å². The van der Waals surface area contributed by atoms with Gasteiger partial charge in [0.15, 0.2) is 0 Å². The Kier molecular flexibility index (Phi) is 3.76. The van der Waals surface area contributed by atoms with Crippen LogP contribution in [0.3, 0.4) is 0 Å². The van der Waals surface area contributed by atoms with Gasteiger partial charge in [0.05, 0.1) is 16.7 Å². The number of carbonyl (C=O) groups excluding carboxylic acids is 1. The minimum Gasteiger partial charge on any atom is -0.442 e. The summed E-state index contributed by atoms with van der Waals surface area (Å²) in [6, 6.07) is 11.9. The summed E-state index contributed by atoms with van der Waals surface area (Å²) in [6.07, 6.45) is 0.0643. The summed E-state index contributed by atoms with van der Waals surface area (Å²) in [5.74, 6) is -1.01. The van der Waals surface area contributed by atoms with Crippen LogP contribution in [0.4, 0.5) is 10.1 Å². The third kappa shape index (κ3) is 2.89. The quantitative estimate of drug-likeness (QED) is 0.532. The molecule has 2 aromatic carbocycles. The van der Waals surface area contributed by atoms with Crippen molar-refractivity contribution in [2.45, 2.75) is 6.10 Å². The monoisotopic (exact) mass is 314 g/mol. The zero-order chi connectivity index (χ0) is 16.4. The van der Waals surface area contributed by atoms with Crippen LogP contribution in [-0.4, -0.2) is 10.9 Å². The minimum atomic E-state index is -1.08. The van der Waals surface area contributed by atoms with Gasteiger partial charge in [-0.1, -0.05) is 18.2 Å². The predicted molar refractivity (Wildman–Crippen MR) is 79.7 cm³/mol. The molecular weight excluding hydrogens is 303 g/mol. The molecule has 0 aromatic heterocycles. The summed E-state index contributed by atoms with van der Waals surface area (Å²) < 4.78 is 18.0. The van der Waals surface area contributed by atoms with Crippen LogP contribution in [-0.2, 0) is 4.74 Å². The van der Waals surface area contributed by atoms with E-state index in [1.54, 1.807) is 24.3 Å². The third-order valence-corrected chi connectivity index (χ3v) is 3.40. The fraction of sp³-hybridized carbons (Fsp3) is 0.0625. The average molecular weight is 314 g/mol. The Balaban J connectivity index is 1.91. The SMILES string of the molecule is O=C1O[C@H](/C(=C\Nc2ccc(F)cc2)[N+](=O)[O-])c2ccccc21. The van der Waals surface area contributed by atoms with Crippen molar-refractivity contribution in [3.63, 3.8) is 0 Å². The number of ether oxygens (including phenoxy) is 1. The standard InChI is InChI=1S/C16H11FN2O4/c17-10-5-7-11(8-6-10)18-9-14(19(21)22)15-12-3-1-2-4-13(12)16(20)23-15/h1-9,15,18H/b14-9+/t15-/m0/s1. The van der Waals surface area contributed by atoms with E-state index in [0.717, 1.165) is 6.20 Å². The van der Waals surface area contributed by atoms with E-state index < -0.39 is 22.8 Å². The molecule has 1 heterocycles. The molecule has 1 N–H and O–H groups in total. The second-order valence-electron chi connectivity index (χ2n) is 4.85. The third-order valence-electron chi connectivity index (χ3n) is 3.40. The smallest absolute Gasteiger partial charge is 0.339 e. The van der Waals surface area contributed by atoms with Gasteiger partial charge in [-0.2, -0.15) is 0 Å². The number of nitro groups is 1. The first-order chi connectivity index (χ1) is 11.1. The van der Waals surface area contributed by atoms with E-state index in [1.807, 2.05) is 0 Å². The van der Waals surface area contributed by atoms with Crippen molar-refractivity contribution in [3.8, 4) is 0 Å². The number of hydrogen-bond acceptors (Lipinski definition) is 5. The Labute approximate surface area is 130 Å². The number of benzene rings is 2. The summed E-state index contributed by atoms with van der Waals surface area (Å²) in [5.41, 5.74) is 0.921. The molecule has 0 spiro atoms. The molecule has 1 aliphatic heterocycles. The second kappa shape index (κ2) is 5.88. The topological polar surface area (TPSA) is 81.5 Å². The Hall–Kier alpha value is -3.22. The molecule has 0 aliphatic carbocycles. The van der Waals surface area contributed by atoms with Crippen LogP contribution in [0.2, 0.25) is 0 Å². The minimum absolute atomic E-state index is 0.312. The lowest BCUT2D eigenvalue weighted by molar-refractivity contribution is -0.436. The molecule has 2 aromatic rings. The Morgan fingerprint density at radius 3 is 2.61 bits per heavy atom. The number of nitrogens with zero attached hydrogens (tertiary/aromatic N) is 1. The molecule has 23 heavy (non-hydrogen) atoms. The summed E-state index contributed by atoms with van der Waals surface area (Å²) in [7, 11) is 0. The van der Waals surface area contributed by atoms with Crippen molar-refractivity contribution >= 4 is 11.7 Å². The van der Waals surface area contributed by atoms with Gasteiger partial charge in [-0.15, -0.1) is 0 Å². The molecule has 6 nitrogen and oxygen atoms in total. The zero-order valence-corrected chi connectivity index (χ0v) is 11.7. The van der Waals surface area contributed by atoms with Gasteiger partial charge in [0.2, 0.25) is 6.10 Å². The van der Waals surface area contributed by atoms with Crippen LogP contribution in [0, 0.1) is 15.9 Å². The van der Waals surface area contributed by atoms with E-state index in [4.69, 9.17) is 4.74 Å². The molecule has 0 radical (unpaired) electrons. The number of carbonyl (C=O) groups is 1. The van der Waals surface area contributed by atoms with Crippen LogP contribution in [0.5, 0.6) is 0 Å². The molecule has 0 amide bonds. The molecule has 7 heteroatoms. The maximum atomic E-state index is 12.9. The van der Waals surface area contributed by atoms with Crippen LogP contribution in [0.1, 0.15) is 22.0 Å². The molecule has 1 aliphatic rings. The fourth-order valence-corrected chi connectivity index (χ4v) is 2.29. The lowest BCUT2D eigenvalue weighted by atomic mass is 10.0. The number of hydrogen-bond donors (Lipinski definition) is 1. The highest BCUT2D eigenvalue weighted by Crippen LogP contribution is 2.35. The molecule has 0 fully saturated rings. The molecule has 3 rings (SSSR count). The van der Waals surface area contributed by atoms with Gasteiger partial charge in [0, 0.05) is 11.3 Å². The Morgan fingerprint density at radius 2 is 1.91 bits per heavy atom. The molecule has 0 saturated heterocycles. The van der Waals surface area contributed by atoms with Gasteiger partial charge >= 0.3 is 11.7 Å². The van der Waals surface area contributed by atoms with E-state index >= 15 is 0 Å². The van der Waals surface area contributed by atoms with Crippen LogP contribution >= 0.6 is 0 Å². The van der Waals surface area contributed by atoms with Gasteiger partial charge in [-0.3, -0.25) is 10.1 Å². The number of esters is 1. The number of rotatable bonds is 4. The lowest BCUT2D eigenvalue weighted by Gasteiger charge is -2.08. The first-order valence-corrected chi connectivity index (χ1v) is 6.73. The summed E-state index contributed by atoms with van der Waals surface area (Å²) >= 11 is 0. The van der Waals surface area contributed by atoms with E-state index in [2.05, 4.69) is 5.32 Å². The highest BCUT2D eigenvalue weighted by molar-refractivity contribution is 5.94. The number of halogens is 1. The van der Waals surface area contributed by atoms with Crippen molar-refractivity contribution in [3.05, 3.63) is 87.5 Å². The fourth-order valence-electron chi connectivity index (χ4n) is 2.29. The summed E-state index contributed by atoms with van der Waals surface area (Å²) in [4.78, 5) is 22.5. The van der Waals surface area contributed by atoms with E-state index in [0.29, 0.717) is 16.8 Å². The highest BCUT2D eigenvalue weighted by atomic mass is 19.1.